The van der Waals surface area contributed by atoms with Crippen molar-refractivity contribution in [3.63, 3.8) is 0 Å². The zero-order chi connectivity index (χ0) is 15.7. The quantitative estimate of drug-likeness (QED) is 0.152. The van der Waals surface area contributed by atoms with E-state index in [0.717, 1.165) is 0 Å². The molecule has 0 amide bonds. The summed E-state index contributed by atoms with van der Waals surface area (Å²) in [6.07, 6.45) is 0. The van der Waals surface area contributed by atoms with Crippen molar-refractivity contribution >= 4 is 17.4 Å². The van der Waals surface area contributed by atoms with E-state index in [9.17, 15) is 0 Å². The highest BCUT2D eigenvalue weighted by atomic mass is 16.5. The van der Waals surface area contributed by atoms with Gasteiger partial charge in [-0.15, -0.1) is 0 Å². The Balaban J connectivity index is 2.92. The third kappa shape index (κ3) is 4.62. The first-order chi connectivity index (χ1) is 10.2. The molecule has 0 aliphatic rings. The van der Waals surface area contributed by atoms with Gasteiger partial charge in [0.05, 0.1) is 5.69 Å². The van der Waals surface area contributed by atoms with Crippen molar-refractivity contribution < 1.29 is 9.47 Å². The predicted molar refractivity (Wildman–Crippen MR) is 81.7 cm³/mol. The molecule has 0 heterocycles. The van der Waals surface area contributed by atoms with Crippen LogP contribution < -0.4 is 43.5 Å². The maximum Gasteiger partial charge on any atom is 0.184 e. The SMILES string of the molecule is CNc1cccc(OC/C(N)=N/N)c1OC/C(=N/N)NN. The van der Waals surface area contributed by atoms with Crippen LogP contribution in [0, 0.1) is 0 Å². The average Bonchev–Trinajstić information content (AvgIpc) is 2.53. The van der Waals surface area contributed by atoms with Gasteiger partial charge in [0.25, 0.3) is 0 Å². The molecule has 0 aromatic heterocycles. The van der Waals surface area contributed by atoms with Gasteiger partial charge in [0.1, 0.15) is 13.2 Å². The smallest absolute Gasteiger partial charge is 0.184 e. The molecule has 0 saturated carbocycles. The third-order valence-corrected chi connectivity index (χ3v) is 2.47. The van der Waals surface area contributed by atoms with Crippen LogP contribution in [0.5, 0.6) is 11.5 Å². The minimum atomic E-state index is 0.0347. The summed E-state index contributed by atoms with van der Waals surface area (Å²) >= 11 is 0. The van der Waals surface area contributed by atoms with Gasteiger partial charge < -0.3 is 37.6 Å². The number of amidine groups is 2. The first kappa shape index (κ1) is 16.2. The number of hydrazone groups is 2. The molecule has 0 aliphatic carbocycles. The van der Waals surface area contributed by atoms with Crippen LogP contribution in [0.25, 0.3) is 0 Å². The molecule has 0 radical (unpaired) electrons. The zero-order valence-corrected chi connectivity index (χ0v) is 11.7. The van der Waals surface area contributed by atoms with E-state index in [1.807, 2.05) is 6.07 Å². The molecule has 0 unspecified atom stereocenters. The summed E-state index contributed by atoms with van der Waals surface area (Å²) in [6.45, 7) is 0.0789. The molecule has 116 valence electrons. The number of hydrogen-bond donors (Lipinski definition) is 6. The molecule has 0 bridgehead atoms. The standard InChI is InChI=1S/C11H20N8O2/c1-16-7-3-2-4-8(20-5-9(12)17-13)11(7)21-6-10(18-14)19-15/h2-4,16H,5-6,13-15H2,1H3,(H2,12,17)(H,18,19). The molecule has 1 aromatic carbocycles. The number of para-hydroxylation sites is 1. The second-order valence-electron chi connectivity index (χ2n) is 3.80. The molecule has 0 saturated heterocycles. The Morgan fingerprint density at radius 1 is 1.19 bits per heavy atom. The van der Waals surface area contributed by atoms with Gasteiger partial charge in [-0.2, -0.15) is 10.2 Å². The summed E-state index contributed by atoms with van der Waals surface area (Å²) in [5.41, 5.74) is 8.52. The van der Waals surface area contributed by atoms with E-state index < -0.39 is 0 Å². The van der Waals surface area contributed by atoms with Gasteiger partial charge in [-0.05, 0) is 12.1 Å². The predicted octanol–water partition coefficient (Wildman–Crippen LogP) is -1.55. The lowest BCUT2D eigenvalue weighted by molar-refractivity contribution is 0.319. The number of hydrogen-bond acceptors (Lipinski definition) is 8. The number of nitrogens with one attached hydrogen (secondary N) is 2. The number of nitrogens with two attached hydrogens (primary N) is 4. The number of nitrogens with zero attached hydrogens (tertiary/aromatic N) is 2. The lowest BCUT2D eigenvalue weighted by Gasteiger charge is -2.16. The maximum absolute atomic E-state index is 5.62. The van der Waals surface area contributed by atoms with Crippen LogP contribution in [0.4, 0.5) is 5.69 Å². The fraction of sp³-hybridized carbons (Fsp3) is 0.273. The second kappa shape index (κ2) is 8.32. The molecule has 0 atom stereocenters. The average molecular weight is 296 g/mol. The topological polar surface area (TPSA) is 171 Å². The van der Waals surface area contributed by atoms with Crippen LogP contribution >= 0.6 is 0 Å². The van der Waals surface area contributed by atoms with Crippen molar-refractivity contribution in [2.75, 3.05) is 25.6 Å². The molecular formula is C11H20N8O2. The van der Waals surface area contributed by atoms with Crippen molar-refractivity contribution in [1.29, 1.82) is 0 Å². The van der Waals surface area contributed by atoms with Crippen molar-refractivity contribution in [2.45, 2.75) is 0 Å². The first-order valence-corrected chi connectivity index (χ1v) is 5.98. The molecule has 1 rings (SSSR count). The highest BCUT2D eigenvalue weighted by molar-refractivity contribution is 5.83. The molecule has 0 spiro atoms. The van der Waals surface area contributed by atoms with Crippen molar-refractivity contribution in [1.82, 2.24) is 5.43 Å². The molecule has 10 N–H and O–H groups in total. The fourth-order valence-electron chi connectivity index (χ4n) is 1.42. The second-order valence-corrected chi connectivity index (χ2v) is 3.80. The minimum absolute atomic E-state index is 0.0347. The van der Waals surface area contributed by atoms with Crippen LogP contribution in [0.3, 0.4) is 0 Å². The largest absolute Gasteiger partial charge is 0.482 e. The van der Waals surface area contributed by atoms with E-state index in [2.05, 4.69) is 20.9 Å². The highest BCUT2D eigenvalue weighted by Gasteiger charge is 2.12. The Morgan fingerprint density at radius 2 is 1.95 bits per heavy atom. The van der Waals surface area contributed by atoms with Crippen LogP contribution in [-0.4, -0.2) is 31.9 Å². The van der Waals surface area contributed by atoms with E-state index in [-0.39, 0.29) is 24.9 Å². The molecule has 10 heteroatoms. The number of hydrazine groups is 1. The van der Waals surface area contributed by atoms with Gasteiger partial charge in [-0.3, -0.25) is 0 Å². The van der Waals surface area contributed by atoms with Gasteiger partial charge >= 0.3 is 0 Å². The highest BCUT2D eigenvalue weighted by Crippen LogP contribution is 2.35. The monoisotopic (exact) mass is 296 g/mol. The van der Waals surface area contributed by atoms with Crippen LogP contribution in [0.1, 0.15) is 0 Å². The summed E-state index contributed by atoms with van der Waals surface area (Å²) < 4.78 is 11.1. The number of benzene rings is 1. The molecule has 0 aliphatic heterocycles. The number of ether oxygens (including phenoxy) is 2. The molecule has 0 fully saturated rings. The van der Waals surface area contributed by atoms with E-state index in [1.54, 1.807) is 19.2 Å². The first-order valence-electron chi connectivity index (χ1n) is 5.98. The summed E-state index contributed by atoms with van der Waals surface area (Å²) in [5.74, 6) is 16.8. The molecule has 10 nitrogen and oxygen atoms in total. The summed E-state index contributed by atoms with van der Waals surface area (Å²) in [6, 6.07) is 5.33. The van der Waals surface area contributed by atoms with E-state index in [1.165, 1.54) is 0 Å². The zero-order valence-electron chi connectivity index (χ0n) is 11.7. The Hall–Kier alpha value is -2.88. The van der Waals surface area contributed by atoms with Crippen molar-refractivity contribution in [2.24, 2.45) is 33.5 Å². The van der Waals surface area contributed by atoms with Gasteiger partial charge in [0, 0.05) is 7.05 Å². The van der Waals surface area contributed by atoms with E-state index >= 15 is 0 Å². The van der Waals surface area contributed by atoms with Gasteiger partial charge in [0.2, 0.25) is 0 Å². The van der Waals surface area contributed by atoms with Gasteiger partial charge in [-0.1, -0.05) is 6.07 Å². The fourth-order valence-corrected chi connectivity index (χ4v) is 1.42. The summed E-state index contributed by atoms with van der Waals surface area (Å²) in [4.78, 5) is 0. The molecular weight excluding hydrogens is 276 g/mol. The number of rotatable bonds is 7. The van der Waals surface area contributed by atoms with Crippen molar-refractivity contribution in [3.8, 4) is 11.5 Å². The van der Waals surface area contributed by atoms with Crippen LogP contribution in [-0.2, 0) is 0 Å². The Morgan fingerprint density at radius 3 is 2.52 bits per heavy atom. The van der Waals surface area contributed by atoms with Gasteiger partial charge in [-0.25, -0.2) is 5.84 Å². The number of anilines is 1. The minimum Gasteiger partial charge on any atom is -0.482 e. The Labute approximate surface area is 122 Å². The van der Waals surface area contributed by atoms with Gasteiger partial charge in [0.15, 0.2) is 23.2 Å². The maximum atomic E-state index is 5.62. The van der Waals surface area contributed by atoms with Crippen LogP contribution in [0.15, 0.2) is 28.4 Å². The molecule has 1 aromatic rings. The van der Waals surface area contributed by atoms with Crippen LogP contribution in [0.2, 0.25) is 0 Å². The van der Waals surface area contributed by atoms with Crippen molar-refractivity contribution in [3.05, 3.63) is 18.2 Å². The Kier molecular flexibility index (Phi) is 6.41. The lowest BCUT2D eigenvalue weighted by atomic mass is 10.2. The lowest BCUT2D eigenvalue weighted by Crippen LogP contribution is -2.35. The van der Waals surface area contributed by atoms with E-state index in [0.29, 0.717) is 17.2 Å². The normalized spacial score (nSPS) is 11.9. The van der Waals surface area contributed by atoms with E-state index in [4.69, 9.17) is 32.7 Å². The molecule has 21 heavy (non-hydrogen) atoms. The summed E-state index contributed by atoms with van der Waals surface area (Å²) in [7, 11) is 1.75. The third-order valence-electron chi connectivity index (χ3n) is 2.47. The summed E-state index contributed by atoms with van der Waals surface area (Å²) in [5, 5.41) is 9.74. The Bertz CT molecular complexity index is 517.